The molecule has 0 N–H and O–H groups in total. The summed E-state index contributed by atoms with van der Waals surface area (Å²) in [4.78, 5) is 14.8. The third-order valence-corrected chi connectivity index (χ3v) is 1.71. The summed E-state index contributed by atoms with van der Waals surface area (Å²) in [6, 6.07) is 5.28. The number of nitriles is 1. The number of pyridine rings is 1. The van der Waals surface area contributed by atoms with Crippen molar-refractivity contribution in [1.29, 1.82) is 5.26 Å². The molecular weight excluding hydrogens is 192 g/mol. The fourth-order valence-electron chi connectivity index (χ4n) is 0.968. The number of methoxy groups -OCH3 is 1. The SMILES string of the molecule is COC(=O)CC=Cc1cc(C#N)ccn1. The predicted octanol–water partition coefficient (Wildman–Crippen LogP) is 1.53. The van der Waals surface area contributed by atoms with Crippen LogP contribution in [0.5, 0.6) is 0 Å². The van der Waals surface area contributed by atoms with Crippen LogP contribution in [0.3, 0.4) is 0 Å². The monoisotopic (exact) mass is 202 g/mol. The van der Waals surface area contributed by atoms with Crippen LogP contribution in [0.25, 0.3) is 6.08 Å². The molecule has 0 fully saturated rings. The number of carbonyl (C=O) groups excluding carboxylic acids is 1. The zero-order valence-corrected chi connectivity index (χ0v) is 8.30. The molecule has 0 unspecified atom stereocenters. The normalized spacial score (nSPS) is 9.87. The van der Waals surface area contributed by atoms with E-state index in [4.69, 9.17) is 5.26 Å². The van der Waals surface area contributed by atoms with Gasteiger partial charge in [-0.2, -0.15) is 5.26 Å². The molecule has 0 atom stereocenters. The lowest BCUT2D eigenvalue weighted by molar-refractivity contribution is -0.139. The van der Waals surface area contributed by atoms with Gasteiger partial charge in [-0.15, -0.1) is 0 Å². The van der Waals surface area contributed by atoms with E-state index in [1.54, 1.807) is 30.5 Å². The van der Waals surface area contributed by atoms with Crippen LogP contribution in [0.1, 0.15) is 17.7 Å². The summed E-state index contributed by atoms with van der Waals surface area (Å²) in [6.07, 6.45) is 5.08. The Kier molecular flexibility index (Phi) is 4.05. The van der Waals surface area contributed by atoms with E-state index in [0.717, 1.165) is 0 Å². The van der Waals surface area contributed by atoms with Crippen molar-refractivity contribution in [2.45, 2.75) is 6.42 Å². The first-order valence-electron chi connectivity index (χ1n) is 4.36. The lowest BCUT2D eigenvalue weighted by Gasteiger charge is -1.94. The number of carbonyl (C=O) groups is 1. The molecule has 0 aromatic carbocycles. The molecule has 0 bridgehead atoms. The Hall–Kier alpha value is -2.15. The van der Waals surface area contributed by atoms with Crippen LogP contribution in [-0.2, 0) is 9.53 Å². The smallest absolute Gasteiger partial charge is 0.309 e. The van der Waals surface area contributed by atoms with Crippen LogP contribution in [0.2, 0.25) is 0 Å². The van der Waals surface area contributed by atoms with E-state index in [-0.39, 0.29) is 12.4 Å². The second-order valence-corrected chi connectivity index (χ2v) is 2.76. The minimum Gasteiger partial charge on any atom is -0.469 e. The zero-order chi connectivity index (χ0) is 11.1. The van der Waals surface area contributed by atoms with Crippen molar-refractivity contribution in [2.75, 3.05) is 7.11 Å². The van der Waals surface area contributed by atoms with Gasteiger partial charge in [0.05, 0.1) is 30.9 Å². The largest absolute Gasteiger partial charge is 0.469 e. The van der Waals surface area contributed by atoms with Gasteiger partial charge in [0.1, 0.15) is 0 Å². The summed E-state index contributed by atoms with van der Waals surface area (Å²) in [5.74, 6) is -0.303. The summed E-state index contributed by atoms with van der Waals surface area (Å²) >= 11 is 0. The Balaban J connectivity index is 2.65. The summed E-state index contributed by atoms with van der Waals surface area (Å²) < 4.78 is 4.47. The van der Waals surface area contributed by atoms with Crippen LogP contribution in [0, 0.1) is 11.3 Å². The van der Waals surface area contributed by atoms with Gasteiger partial charge >= 0.3 is 5.97 Å². The summed E-state index contributed by atoms with van der Waals surface area (Å²) in [5, 5.41) is 8.64. The van der Waals surface area contributed by atoms with Crippen molar-refractivity contribution in [3.63, 3.8) is 0 Å². The van der Waals surface area contributed by atoms with Crippen LogP contribution in [0.4, 0.5) is 0 Å². The van der Waals surface area contributed by atoms with E-state index in [2.05, 4.69) is 9.72 Å². The third kappa shape index (κ3) is 3.61. The lowest BCUT2D eigenvalue weighted by Crippen LogP contribution is -1.96. The van der Waals surface area contributed by atoms with E-state index < -0.39 is 0 Å². The molecule has 76 valence electrons. The lowest BCUT2D eigenvalue weighted by atomic mass is 10.2. The van der Waals surface area contributed by atoms with Gasteiger partial charge in [-0.05, 0) is 18.2 Å². The van der Waals surface area contributed by atoms with Gasteiger partial charge in [0.2, 0.25) is 0 Å². The number of aromatic nitrogens is 1. The molecule has 0 aliphatic carbocycles. The van der Waals surface area contributed by atoms with Crippen molar-refractivity contribution >= 4 is 12.0 Å². The van der Waals surface area contributed by atoms with E-state index in [0.29, 0.717) is 11.3 Å². The van der Waals surface area contributed by atoms with Gasteiger partial charge in [-0.3, -0.25) is 9.78 Å². The second kappa shape index (κ2) is 5.55. The number of nitrogens with zero attached hydrogens (tertiary/aromatic N) is 2. The van der Waals surface area contributed by atoms with Gasteiger partial charge in [0.15, 0.2) is 0 Å². The van der Waals surface area contributed by atoms with E-state index in [9.17, 15) is 4.79 Å². The highest BCUT2D eigenvalue weighted by Gasteiger charge is 1.95. The topological polar surface area (TPSA) is 63.0 Å². The number of ether oxygens (including phenoxy) is 1. The third-order valence-electron chi connectivity index (χ3n) is 1.71. The molecule has 1 aromatic heterocycles. The first kappa shape index (κ1) is 10.9. The molecule has 0 amide bonds. The fourth-order valence-corrected chi connectivity index (χ4v) is 0.968. The van der Waals surface area contributed by atoms with E-state index >= 15 is 0 Å². The highest BCUT2D eigenvalue weighted by Crippen LogP contribution is 2.03. The predicted molar refractivity (Wildman–Crippen MR) is 54.6 cm³/mol. The van der Waals surface area contributed by atoms with Crippen molar-refractivity contribution in [2.24, 2.45) is 0 Å². The minimum absolute atomic E-state index is 0.203. The maximum Gasteiger partial charge on any atom is 0.309 e. The van der Waals surface area contributed by atoms with Gasteiger partial charge < -0.3 is 4.74 Å². The average Bonchev–Trinajstić information content (AvgIpc) is 2.29. The van der Waals surface area contributed by atoms with Gasteiger partial charge in [0.25, 0.3) is 0 Å². The number of rotatable bonds is 3. The zero-order valence-electron chi connectivity index (χ0n) is 8.30. The van der Waals surface area contributed by atoms with Crippen molar-refractivity contribution in [3.05, 3.63) is 35.7 Å². The van der Waals surface area contributed by atoms with Crippen LogP contribution >= 0.6 is 0 Å². The molecule has 1 heterocycles. The maximum absolute atomic E-state index is 10.8. The standard InChI is InChI=1S/C11H10N2O2/c1-15-11(14)4-2-3-10-7-9(8-12)5-6-13-10/h2-3,5-7H,4H2,1H3. The van der Waals surface area contributed by atoms with Gasteiger partial charge in [0, 0.05) is 6.20 Å². The molecule has 15 heavy (non-hydrogen) atoms. The van der Waals surface area contributed by atoms with Crippen LogP contribution in [-0.4, -0.2) is 18.1 Å². The molecule has 4 heteroatoms. The summed E-state index contributed by atoms with van der Waals surface area (Å²) in [5.41, 5.74) is 1.20. The molecule has 1 aromatic rings. The first-order valence-corrected chi connectivity index (χ1v) is 4.36. The number of hydrogen-bond acceptors (Lipinski definition) is 4. The Labute approximate surface area is 87.8 Å². The van der Waals surface area contributed by atoms with Crippen molar-refractivity contribution in [1.82, 2.24) is 4.98 Å². The first-order chi connectivity index (χ1) is 7.26. The highest BCUT2D eigenvalue weighted by atomic mass is 16.5. The van der Waals surface area contributed by atoms with Crippen molar-refractivity contribution < 1.29 is 9.53 Å². The number of esters is 1. The summed E-state index contributed by atoms with van der Waals surface area (Å²) in [6.45, 7) is 0. The molecule has 0 radical (unpaired) electrons. The van der Waals surface area contributed by atoms with Gasteiger partial charge in [-0.25, -0.2) is 0 Å². The molecule has 0 spiro atoms. The molecule has 0 saturated heterocycles. The average molecular weight is 202 g/mol. The van der Waals surface area contributed by atoms with Crippen molar-refractivity contribution in [3.8, 4) is 6.07 Å². The second-order valence-electron chi connectivity index (χ2n) is 2.76. The van der Waals surface area contributed by atoms with E-state index in [1.165, 1.54) is 7.11 Å². The Bertz CT molecular complexity index is 419. The van der Waals surface area contributed by atoms with E-state index in [1.807, 2.05) is 6.07 Å². The minimum atomic E-state index is -0.303. The quantitative estimate of drug-likeness (QED) is 0.697. The molecule has 1 rings (SSSR count). The summed E-state index contributed by atoms with van der Waals surface area (Å²) in [7, 11) is 1.34. The molecular formula is C11H10N2O2. The number of hydrogen-bond donors (Lipinski definition) is 0. The van der Waals surface area contributed by atoms with Crippen LogP contribution < -0.4 is 0 Å². The Morgan fingerprint density at radius 3 is 3.20 bits per heavy atom. The molecule has 4 nitrogen and oxygen atoms in total. The molecule has 0 saturated carbocycles. The van der Waals surface area contributed by atoms with Gasteiger partial charge in [-0.1, -0.05) is 6.08 Å². The van der Waals surface area contributed by atoms with Crippen LogP contribution in [0.15, 0.2) is 24.4 Å². The molecule has 0 aliphatic heterocycles. The Morgan fingerprint density at radius 1 is 1.73 bits per heavy atom. The maximum atomic E-state index is 10.8. The highest BCUT2D eigenvalue weighted by molar-refractivity contribution is 5.72. The fraction of sp³-hybridized carbons (Fsp3) is 0.182. The Morgan fingerprint density at radius 2 is 2.53 bits per heavy atom. The molecule has 0 aliphatic rings.